The highest BCUT2D eigenvalue weighted by Crippen LogP contribution is 2.20. The highest BCUT2D eigenvalue weighted by atomic mass is 15.3. The van der Waals surface area contributed by atoms with E-state index >= 15 is 0 Å². The van der Waals surface area contributed by atoms with Crippen molar-refractivity contribution >= 4 is 0 Å². The molecule has 1 rings (SSSR count). The number of piperazine rings is 1. The van der Waals surface area contributed by atoms with Crippen LogP contribution in [0.1, 0.15) is 13.8 Å². The van der Waals surface area contributed by atoms with Crippen molar-refractivity contribution in [2.45, 2.75) is 25.4 Å². The van der Waals surface area contributed by atoms with Crippen molar-refractivity contribution in [1.82, 2.24) is 15.1 Å². The fraction of sp³-hybridized carbons (Fsp3) is 1.00. The zero-order valence-corrected chi connectivity index (χ0v) is 9.59. The van der Waals surface area contributed by atoms with Gasteiger partial charge < -0.3 is 5.32 Å². The van der Waals surface area contributed by atoms with E-state index in [0.29, 0.717) is 11.6 Å². The van der Waals surface area contributed by atoms with E-state index in [-0.39, 0.29) is 0 Å². The first-order valence-corrected chi connectivity index (χ1v) is 5.03. The molecule has 0 saturated carbocycles. The van der Waals surface area contributed by atoms with Crippen molar-refractivity contribution in [3.05, 3.63) is 0 Å². The second-order valence-corrected chi connectivity index (χ2v) is 4.82. The summed E-state index contributed by atoms with van der Waals surface area (Å²) >= 11 is 0. The highest BCUT2D eigenvalue weighted by Gasteiger charge is 2.34. The van der Waals surface area contributed by atoms with E-state index in [1.807, 2.05) is 7.05 Å². The summed E-state index contributed by atoms with van der Waals surface area (Å²) in [6, 6.07) is 0.656. The SMILES string of the molecule is CNCC1CN(C)C(C)(C)CN1C. The molecule has 1 unspecified atom stereocenters. The molecule has 1 saturated heterocycles. The maximum Gasteiger partial charge on any atom is 0.0345 e. The van der Waals surface area contributed by atoms with Gasteiger partial charge in [0.05, 0.1) is 0 Å². The first kappa shape index (κ1) is 11.0. The standard InChI is InChI=1S/C10H23N3/c1-10(2)8-12(4)9(6-11-3)7-13(10)5/h9,11H,6-8H2,1-5H3. The summed E-state index contributed by atoms with van der Waals surface area (Å²) in [6.07, 6.45) is 0. The van der Waals surface area contributed by atoms with E-state index in [2.05, 4.69) is 43.1 Å². The zero-order valence-electron chi connectivity index (χ0n) is 9.59. The summed E-state index contributed by atoms with van der Waals surface area (Å²) in [5.74, 6) is 0. The molecule has 13 heavy (non-hydrogen) atoms. The Kier molecular flexibility index (Phi) is 3.33. The second kappa shape index (κ2) is 3.95. The number of nitrogens with one attached hydrogen (secondary N) is 1. The van der Waals surface area contributed by atoms with Gasteiger partial charge >= 0.3 is 0 Å². The minimum absolute atomic E-state index is 0.318. The van der Waals surface area contributed by atoms with Gasteiger partial charge in [0.25, 0.3) is 0 Å². The van der Waals surface area contributed by atoms with Crippen molar-refractivity contribution in [1.29, 1.82) is 0 Å². The van der Waals surface area contributed by atoms with Gasteiger partial charge in [0.2, 0.25) is 0 Å². The summed E-state index contributed by atoms with van der Waals surface area (Å²) in [4.78, 5) is 4.91. The molecule has 0 radical (unpaired) electrons. The first-order valence-electron chi connectivity index (χ1n) is 5.03. The number of likely N-dealkylation sites (N-methyl/N-ethyl adjacent to an activating group) is 3. The van der Waals surface area contributed by atoms with Crippen LogP contribution in [0.3, 0.4) is 0 Å². The fourth-order valence-electron chi connectivity index (χ4n) is 2.02. The predicted octanol–water partition coefficient (Wildman–Crippen LogP) is 0.230. The van der Waals surface area contributed by atoms with Crippen molar-refractivity contribution in [2.75, 3.05) is 40.8 Å². The Bertz CT molecular complexity index is 168. The second-order valence-electron chi connectivity index (χ2n) is 4.82. The van der Waals surface area contributed by atoms with Gasteiger partial charge in [-0.15, -0.1) is 0 Å². The van der Waals surface area contributed by atoms with Crippen molar-refractivity contribution in [2.24, 2.45) is 0 Å². The van der Waals surface area contributed by atoms with Crippen molar-refractivity contribution in [3.8, 4) is 0 Å². The Morgan fingerprint density at radius 3 is 2.54 bits per heavy atom. The van der Waals surface area contributed by atoms with Crippen LogP contribution in [0.5, 0.6) is 0 Å². The molecule has 0 aromatic heterocycles. The number of nitrogens with zero attached hydrogens (tertiary/aromatic N) is 2. The van der Waals surface area contributed by atoms with Gasteiger partial charge in [0, 0.05) is 31.2 Å². The van der Waals surface area contributed by atoms with Gasteiger partial charge in [-0.1, -0.05) is 0 Å². The molecule has 0 aromatic carbocycles. The Morgan fingerprint density at radius 2 is 2.00 bits per heavy atom. The molecule has 0 aromatic rings. The van der Waals surface area contributed by atoms with Crippen LogP contribution >= 0.6 is 0 Å². The third-order valence-electron chi connectivity index (χ3n) is 3.22. The van der Waals surface area contributed by atoms with Gasteiger partial charge in [-0.25, -0.2) is 0 Å². The molecule has 0 bridgehead atoms. The molecule has 78 valence electrons. The Labute approximate surface area is 82.1 Å². The largest absolute Gasteiger partial charge is 0.318 e. The molecule has 0 aliphatic carbocycles. The third-order valence-corrected chi connectivity index (χ3v) is 3.22. The molecule has 1 fully saturated rings. The number of rotatable bonds is 2. The molecule has 3 nitrogen and oxygen atoms in total. The molecule has 1 aliphatic heterocycles. The van der Waals surface area contributed by atoms with E-state index in [9.17, 15) is 0 Å². The first-order chi connectivity index (χ1) is 5.97. The van der Waals surface area contributed by atoms with E-state index in [4.69, 9.17) is 0 Å². The van der Waals surface area contributed by atoms with Crippen LogP contribution in [0, 0.1) is 0 Å². The summed E-state index contributed by atoms with van der Waals surface area (Å²) < 4.78 is 0. The smallest absolute Gasteiger partial charge is 0.0345 e. The molecular weight excluding hydrogens is 162 g/mol. The highest BCUT2D eigenvalue weighted by molar-refractivity contribution is 4.92. The lowest BCUT2D eigenvalue weighted by Gasteiger charge is -2.48. The van der Waals surface area contributed by atoms with Crippen LogP contribution in [-0.2, 0) is 0 Å². The molecular formula is C10H23N3. The van der Waals surface area contributed by atoms with E-state index in [1.54, 1.807) is 0 Å². The van der Waals surface area contributed by atoms with E-state index in [1.165, 1.54) is 0 Å². The monoisotopic (exact) mass is 185 g/mol. The average Bonchev–Trinajstić information content (AvgIpc) is 2.00. The normalized spacial score (nSPS) is 30.7. The average molecular weight is 185 g/mol. The summed E-state index contributed by atoms with van der Waals surface area (Å²) in [6.45, 7) is 8.00. The topological polar surface area (TPSA) is 18.5 Å². The molecule has 1 heterocycles. The van der Waals surface area contributed by atoms with Crippen molar-refractivity contribution < 1.29 is 0 Å². The zero-order chi connectivity index (χ0) is 10.1. The summed E-state index contributed by atoms with van der Waals surface area (Å²) in [5, 5.41) is 3.25. The van der Waals surface area contributed by atoms with Crippen LogP contribution < -0.4 is 5.32 Å². The molecule has 3 heteroatoms. The third kappa shape index (κ3) is 2.42. The number of hydrogen-bond donors (Lipinski definition) is 1. The quantitative estimate of drug-likeness (QED) is 0.664. The minimum Gasteiger partial charge on any atom is -0.318 e. The molecule has 0 amide bonds. The Balaban J connectivity index is 2.57. The van der Waals surface area contributed by atoms with E-state index < -0.39 is 0 Å². The number of hydrogen-bond acceptors (Lipinski definition) is 3. The van der Waals surface area contributed by atoms with Gasteiger partial charge in [0.1, 0.15) is 0 Å². The Hall–Kier alpha value is -0.120. The maximum atomic E-state index is 3.25. The summed E-state index contributed by atoms with van der Waals surface area (Å²) in [7, 11) is 6.46. The Morgan fingerprint density at radius 1 is 1.38 bits per heavy atom. The van der Waals surface area contributed by atoms with E-state index in [0.717, 1.165) is 19.6 Å². The van der Waals surface area contributed by atoms with Crippen LogP contribution in [0.25, 0.3) is 0 Å². The van der Waals surface area contributed by atoms with Crippen LogP contribution in [0.2, 0.25) is 0 Å². The lowest BCUT2D eigenvalue weighted by atomic mass is 9.97. The van der Waals surface area contributed by atoms with Crippen LogP contribution in [0.4, 0.5) is 0 Å². The fourth-order valence-corrected chi connectivity index (χ4v) is 2.02. The van der Waals surface area contributed by atoms with Gasteiger partial charge in [0.15, 0.2) is 0 Å². The van der Waals surface area contributed by atoms with Crippen LogP contribution in [-0.4, -0.2) is 62.2 Å². The lowest BCUT2D eigenvalue weighted by molar-refractivity contribution is 0.0145. The molecule has 1 atom stereocenters. The molecule has 1 N–H and O–H groups in total. The molecule has 1 aliphatic rings. The van der Waals surface area contributed by atoms with Crippen LogP contribution in [0.15, 0.2) is 0 Å². The predicted molar refractivity (Wildman–Crippen MR) is 57.1 cm³/mol. The summed E-state index contributed by atoms with van der Waals surface area (Å²) in [5.41, 5.74) is 0.318. The van der Waals surface area contributed by atoms with Crippen molar-refractivity contribution in [3.63, 3.8) is 0 Å². The lowest BCUT2D eigenvalue weighted by Crippen LogP contribution is -2.62. The van der Waals surface area contributed by atoms with Gasteiger partial charge in [-0.05, 0) is 35.0 Å². The maximum absolute atomic E-state index is 3.25. The molecule has 0 spiro atoms. The minimum atomic E-state index is 0.318. The van der Waals surface area contributed by atoms with Gasteiger partial charge in [-0.2, -0.15) is 0 Å². The van der Waals surface area contributed by atoms with Gasteiger partial charge in [-0.3, -0.25) is 9.80 Å².